The molecule has 1 aromatic carbocycles. The molecule has 0 heterocycles. The first-order valence-electron chi connectivity index (χ1n) is 7.13. The van der Waals surface area contributed by atoms with E-state index < -0.39 is 0 Å². The molecule has 1 aromatic rings. The van der Waals surface area contributed by atoms with Crippen LogP contribution in [-0.4, -0.2) is 18.3 Å². The molecule has 0 radical (unpaired) electrons. The molecule has 1 nitrogen and oxygen atoms in total. The summed E-state index contributed by atoms with van der Waals surface area (Å²) < 4.78 is 0. The molecule has 0 aliphatic carbocycles. The van der Waals surface area contributed by atoms with Crippen molar-refractivity contribution >= 4 is 11.8 Å². The van der Waals surface area contributed by atoms with Gasteiger partial charge in [-0.05, 0) is 36.6 Å². The maximum atomic E-state index is 3.56. The first-order valence-corrected chi connectivity index (χ1v) is 8.12. The van der Waals surface area contributed by atoms with Crippen LogP contribution in [0, 0.1) is 0 Å². The van der Waals surface area contributed by atoms with Gasteiger partial charge >= 0.3 is 0 Å². The fraction of sp³-hybridized carbons (Fsp3) is 0.625. The standard InChI is InChI=1S/C16H27NS/c1-5-7-15(17-6-2)12-18-16-10-8-14(9-11-16)13(3)4/h8-11,13,15,17H,5-7,12H2,1-4H3. The fourth-order valence-corrected chi connectivity index (χ4v) is 3.03. The zero-order chi connectivity index (χ0) is 13.4. The summed E-state index contributed by atoms with van der Waals surface area (Å²) in [7, 11) is 0. The molecular weight excluding hydrogens is 238 g/mol. The summed E-state index contributed by atoms with van der Waals surface area (Å²) in [6.07, 6.45) is 2.52. The van der Waals surface area contributed by atoms with E-state index in [1.807, 2.05) is 11.8 Å². The Bertz CT molecular complexity index is 312. The summed E-state index contributed by atoms with van der Waals surface area (Å²) in [4.78, 5) is 1.39. The molecule has 0 aliphatic heterocycles. The van der Waals surface area contributed by atoms with Crippen LogP contribution in [0.15, 0.2) is 29.2 Å². The SMILES string of the molecule is CCCC(CSc1ccc(C(C)C)cc1)NCC. The highest BCUT2D eigenvalue weighted by Crippen LogP contribution is 2.23. The number of hydrogen-bond acceptors (Lipinski definition) is 2. The van der Waals surface area contributed by atoms with Crippen LogP contribution >= 0.6 is 11.8 Å². The Morgan fingerprint density at radius 1 is 1.11 bits per heavy atom. The zero-order valence-electron chi connectivity index (χ0n) is 12.2. The van der Waals surface area contributed by atoms with E-state index in [-0.39, 0.29) is 0 Å². The monoisotopic (exact) mass is 265 g/mol. The molecule has 0 bridgehead atoms. The molecule has 1 atom stereocenters. The third-order valence-corrected chi connectivity index (χ3v) is 4.30. The predicted molar refractivity (Wildman–Crippen MR) is 83.6 cm³/mol. The van der Waals surface area contributed by atoms with Crippen molar-refractivity contribution in [2.75, 3.05) is 12.3 Å². The van der Waals surface area contributed by atoms with Gasteiger partial charge in [0.2, 0.25) is 0 Å². The second kappa shape index (κ2) is 8.60. The van der Waals surface area contributed by atoms with Crippen LogP contribution in [0.25, 0.3) is 0 Å². The van der Waals surface area contributed by atoms with E-state index in [0.29, 0.717) is 12.0 Å². The van der Waals surface area contributed by atoms with Crippen LogP contribution in [0.3, 0.4) is 0 Å². The normalized spacial score (nSPS) is 12.9. The van der Waals surface area contributed by atoms with Gasteiger partial charge in [0, 0.05) is 16.7 Å². The molecule has 0 aromatic heterocycles. The van der Waals surface area contributed by atoms with Gasteiger partial charge in [-0.3, -0.25) is 0 Å². The molecule has 0 spiro atoms. The third kappa shape index (κ3) is 5.45. The molecule has 18 heavy (non-hydrogen) atoms. The highest BCUT2D eigenvalue weighted by molar-refractivity contribution is 7.99. The van der Waals surface area contributed by atoms with E-state index in [9.17, 15) is 0 Å². The molecule has 102 valence electrons. The van der Waals surface area contributed by atoms with Crippen molar-refractivity contribution in [1.29, 1.82) is 0 Å². The van der Waals surface area contributed by atoms with Crippen molar-refractivity contribution in [3.63, 3.8) is 0 Å². The maximum absolute atomic E-state index is 3.56. The van der Waals surface area contributed by atoms with Gasteiger partial charge in [-0.2, -0.15) is 0 Å². The van der Waals surface area contributed by atoms with Crippen molar-refractivity contribution in [3.05, 3.63) is 29.8 Å². The minimum atomic E-state index is 0.624. The summed E-state index contributed by atoms with van der Waals surface area (Å²) in [5.74, 6) is 1.79. The lowest BCUT2D eigenvalue weighted by Crippen LogP contribution is -2.30. The summed E-state index contributed by atoms with van der Waals surface area (Å²) >= 11 is 1.97. The van der Waals surface area contributed by atoms with Gasteiger partial charge in [-0.15, -0.1) is 11.8 Å². The summed E-state index contributed by atoms with van der Waals surface area (Å²) in [5, 5.41) is 3.56. The van der Waals surface area contributed by atoms with Crippen molar-refractivity contribution in [2.45, 2.75) is 57.4 Å². The minimum Gasteiger partial charge on any atom is -0.313 e. The number of nitrogens with one attached hydrogen (secondary N) is 1. The van der Waals surface area contributed by atoms with Crippen molar-refractivity contribution in [3.8, 4) is 0 Å². The van der Waals surface area contributed by atoms with E-state index >= 15 is 0 Å². The van der Waals surface area contributed by atoms with Crippen LogP contribution < -0.4 is 5.32 Å². The molecule has 0 saturated carbocycles. The van der Waals surface area contributed by atoms with Gasteiger partial charge in [0.1, 0.15) is 0 Å². The second-order valence-corrected chi connectivity index (χ2v) is 6.17. The maximum Gasteiger partial charge on any atom is 0.0161 e. The van der Waals surface area contributed by atoms with Crippen molar-refractivity contribution in [2.24, 2.45) is 0 Å². The van der Waals surface area contributed by atoms with Gasteiger partial charge in [0.15, 0.2) is 0 Å². The predicted octanol–water partition coefficient (Wildman–Crippen LogP) is 4.68. The molecule has 1 unspecified atom stereocenters. The van der Waals surface area contributed by atoms with Gasteiger partial charge in [0.05, 0.1) is 0 Å². The summed E-state index contributed by atoms with van der Waals surface area (Å²) in [6, 6.07) is 9.68. The van der Waals surface area contributed by atoms with Gasteiger partial charge in [-0.25, -0.2) is 0 Å². The fourth-order valence-electron chi connectivity index (χ4n) is 2.03. The molecule has 1 rings (SSSR count). The Balaban J connectivity index is 2.46. The van der Waals surface area contributed by atoms with E-state index in [1.165, 1.54) is 29.1 Å². The average molecular weight is 265 g/mol. The lowest BCUT2D eigenvalue weighted by Gasteiger charge is -2.16. The highest BCUT2D eigenvalue weighted by Gasteiger charge is 2.07. The smallest absolute Gasteiger partial charge is 0.0161 e. The molecule has 1 N–H and O–H groups in total. The molecular formula is C16H27NS. The van der Waals surface area contributed by atoms with Crippen LogP contribution in [0.2, 0.25) is 0 Å². The van der Waals surface area contributed by atoms with Crippen LogP contribution in [0.5, 0.6) is 0 Å². The molecule has 0 amide bonds. The van der Waals surface area contributed by atoms with Gasteiger partial charge in [-0.1, -0.05) is 46.2 Å². The Morgan fingerprint density at radius 3 is 2.28 bits per heavy atom. The van der Waals surface area contributed by atoms with Crippen LogP contribution in [0.4, 0.5) is 0 Å². The van der Waals surface area contributed by atoms with Crippen LogP contribution in [0.1, 0.15) is 52.0 Å². The van der Waals surface area contributed by atoms with E-state index in [0.717, 1.165) is 6.54 Å². The van der Waals surface area contributed by atoms with Crippen LogP contribution in [-0.2, 0) is 0 Å². The van der Waals surface area contributed by atoms with E-state index in [2.05, 4.69) is 57.3 Å². The Morgan fingerprint density at radius 2 is 1.78 bits per heavy atom. The number of benzene rings is 1. The van der Waals surface area contributed by atoms with E-state index in [1.54, 1.807) is 0 Å². The third-order valence-electron chi connectivity index (χ3n) is 3.13. The van der Waals surface area contributed by atoms with Crippen molar-refractivity contribution in [1.82, 2.24) is 5.32 Å². The molecule has 0 saturated heterocycles. The zero-order valence-corrected chi connectivity index (χ0v) is 13.0. The minimum absolute atomic E-state index is 0.624. The molecule has 0 fully saturated rings. The topological polar surface area (TPSA) is 12.0 Å². The number of hydrogen-bond donors (Lipinski definition) is 1. The quantitative estimate of drug-likeness (QED) is 0.685. The highest BCUT2D eigenvalue weighted by atomic mass is 32.2. The average Bonchev–Trinajstić information content (AvgIpc) is 2.37. The summed E-state index contributed by atoms with van der Waals surface area (Å²) in [5.41, 5.74) is 1.43. The van der Waals surface area contributed by atoms with Gasteiger partial charge in [0.25, 0.3) is 0 Å². The lowest BCUT2D eigenvalue weighted by atomic mass is 10.0. The summed E-state index contributed by atoms with van der Waals surface area (Å²) in [6.45, 7) is 9.99. The Hall–Kier alpha value is -0.470. The number of thioether (sulfide) groups is 1. The van der Waals surface area contributed by atoms with Gasteiger partial charge < -0.3 is 5.32 Å². The number of rotatable bonds is 8. The van der Waals surface area contributed by atoms with Crippen molar-refractivity contribution < 1.29 is 0 Å². The first kappa shape index (κ1) is 15.6. The first-order chi connectivity index (χ1) is 8.67. The largest absolute Gasteiger partial charge is 0.313 e. The molecule has 2 heteroatoms. The lowest BCUT2D eigenvalue weighted by molar-refractivity contribution is 0.531. The Labute approximate surface area is 117 Å². The molecule has 0 aliphatic rings. The second-order valence-electron chi connectivity index (χ2n) is 5.08. The Kier molecular flexibility index (Phi) is 7.45. The van der Waals surface area contributed by atoms with E-state index in [4.69, 9.17) is 0 Å².